The van der Waals surface area contributed by atoms with Gasteiger partial charge < -0.3 is 11.2 Å². The Hall–Kier alpha value is -1.66. The van der Waals surface area contributed by atoms with Crippen molar-refractivity contribution in [3.8, 4) is 0 Å². The Balaban J connectivity index is 3.18. The van der Waals surface area contributed by atoms with Gasteiger partial charge in [-0.2, -0.15) is 0 Å². The summed E-state index contributed by atoms with van der Waals surface area (Å²) < 4.78 is 0. The van der Waals surface area contributed by atoms with Crippen LogP contribution in [0.4, 0.5) is 11.4 Å². The van der Waals surface area contributed by atoms with E-state index in [9.17, 15) is 10.1 Å². The Morgan fingerprint density at radius 2 is 2.23 bits per heavy atom. The second-order valence-electron chi connectivity index (χ2n) is 2.46. The number of nitrogens with one attached hydrogen (secondary N) is 1. The van der Waals surface area contributed by atoms with E-state index in [0.717, 1.165) is 0 Å². The summed E-state index contributed by atoms with van der Waals surface area (Å²) in [5.74, 6) is 5.09. The molecule has 0 unspecified atom stereocenters. The molecule has 6 nitrogen and oxygen atoms in total. The first kappa shape index (κ1) is 9.43. The van der Waals surface area contributed by atoms with Crippen molar-refractivity contribution in [3.63, 3.8) is 0 Å². The van der Waals surface area contributed by atoms with E-state index in [-0.39, 0.29) is 17.9 Å². The molecule has 0 saturated heterocycles. The van der Waals surface area contributed by atoms with Crippen LogP contribution in [-0.2, 0) is 6.54 Å². The Labute approximate surface area is 74.6 Å². The average Bonchev–Trinajstić information content (AvgIpc) is 2.16. The third-order valence-electron chi connectivity index (χ3n) is 1.65. The van der Waals surface area contributed by atoms with Crippen LogP contribution in [0.2, 0.25) is 0 Å². The van der Waals surface area contributed by atoms with E-state index in [1.165, 1.54) is 12.1 Å². The predicted octanol–water partition coefficient (Wildman–Crippen LogP) is 0.339. The van der Waals surface area contributed by atoms with Crippen LogP contribution in [-0.4, -0.2) is 4.92 Å². The van der Waals surface area contributed by atoms with Crippen molar-refractivity contribution in [3.05, 3.63) is 33.9 Å². The standard InChI is InChI=1S/C7H10N4O2/c8-4-5-1-2-6(10-9)7(3-5)11(12)13/h1-3,10H,4,8-9H2. The number of benzene rings is 1. The van der Waals surface area contributed by atoms with Gasteiger partial charge in [0.25, 0.3) is 5.69 Å². The molecule has 0 saturated carbocycles. The highest BCUT2D eigenvalue weighted by molar-refractivity contribution is 5.61. The average molecular weight is 182 g/mol. The summed E-state index contributed by atoms with van der Waals surface area (Å²) in [4.78, 5) is 10.0. The molecule has 0 aliphatic rings. The van der Waals surface area contributed by atoms with Crippen molar-refractivity contribution in [2.75, 3.05) is 5.43 Å². The molecule has 0 aliphatic heterocycles. The molecule has 6 heteroatoms. The maximum atomic E-state index is 10.5. The largest absolute Gasteiger partial charge is 0.326 e. The van der Waals surface area contributed by atoms with Gasteiger partial charge in [-0.1, -0.05) is 6.07 Å². The van der Waals surface area contributed by atoms with Crippen LogP contribution >= 0.6 is 0 Å². The topological polar surface area (TPSA) is 107 Å². The van der Waals surface area contributed by atoms with Gasteiger partial charge in [-0.15, -0.1) is 0 Å². The molecule has 0 bridgehead atoms. The van der Waals surface area contributed by atoms with Gasteiger partial charge in [-0.05, 0) is 11.6 Å². The number of nitrogens with zero attached hydrogens (tertiary/aromatic N) is 1. The zero-order valence-corrected chi connectivity index (χ0v) is 6.86. The van der Waals surface area contributed by atoms with Gasteiger partial charge in [0.1, 0.15) is 5.69 Å². The maximum Gasteiger partial charge on any atom is 0.293 e. The van der Waals surface area contributed by atoms with Crippen molar-refractivity contribution in [1.82, 2.24) is 0 Å². The zero-order chi connectivity index (χ0) is 9.84. The van der Waals surface area contributed by atoms with Gasteiger partial charge in [-0.25, -0.2) is 0 Å². The van der Waals surface area contributed by atoms with Crippen LogP contribution in [0.25, 0.3) is 0 Å². The lowest BCUT2D eigenvalue weighted by atomic mass is 10.2. The van der Waals surface area contributed by atoms with Crippen LogP contribution in [0, 0.1) is 10.1 Å². The van der Waals surface area contributed by atoms with Crippen molar-refractivity contribution >= 4 is 11.4 Å². The number of nitrogens with two attached hydrogens (primary N) is 2. The summed E-state index contributed by atoms with van der Waals surface area (Å²) in [6.45, 7) is 0.270. The van der Waals surface area contributed by atoms with Gasteiger partial charge in [0, 0.05) is 12.6 Å². The Kier molecular flexibility index (Phi) is 2.78. The lowest BCUT2D eigenvalue weighted by Gasteiger charge is -2.02. The molecule has 0 aromatic heterocycles. The highest BCUT2D eigenvalue weighted by Gasteiger charge is 2.12. The summed E-state index contributed by atoms with van der Waals surface area (Å²) in [5.41, 5.74) is 8.50. The molecule has 13 heavy (non-hydrogen) atoms. The number of hydrogen-bond donors (Lipinski definition) is 3. The summed E-state index contributed by atoms with van der Waals surface area (Å²) >= 11 is 0. The van der Waals surface area contributed by atoms with E-state index < -0.39 is 4.92 Å². The second-order valence-corrected chi connectivity index (χ2v) is 2.46. The molecular weight excluding hydrogens is 172 g/mol. The maximum absolute atomic E-state index is 10.5. The first-order chi connectivity index (χ1) is 6.19. The summed E-state index contributed by atoms with van der Waals surface area (Å²) in [6.07, 6.45) is 0. The number of nitrogen functional groups attached to an aromatic ring is 1. The predicted molar refractivity (Wildman–Crippen MR) is 48.8 cm³/mol. The molecule has 0 spiro atoms. The minimum Gasteiger partial charge on any atom is -0.326 e. The molecular formula is C7H10N4O2. The van der Waals surface area contributed by atoms with Crippen molar-refractivity contribution < 1.29 is 4.92 Å². The van der Waals surface area contributed by atoms with Gasteiger partial charge in [0.15, 0.2) is 0 Å². The number of rotatable bonds is 3. The van der Waals surface area contributed by atoms with Gasteiger partial charge in [0.2, 0.25) is 0 Å². The van der Waals surface area contributed by atoms with Crippen molar-refractivity contribution in [2.24, 2.45) is 11.6 Å². The van der Waals surface area contributed by atoms with Crippen LogP contribution in [0.5, 0.6) is 0 Å². The molecule has 0 amide bonds. The molecule has 1 aromatic rings. The van der Waals surface area contributed by atoms with Gasteiger partial charge in [0.05, 0.1) is 4.92 Å². The van der Waals surface area contributed by atoms with E-state index in [2.05, 4.69) is 5.43 Å². The van der Waals surface area contributed by atoms with Gasteiger partial charge >= 0.3 is 0 Å². The van der Waals surface area contributed by atoms with Crippen molar-refractivity contribution in [2.45, 2.75) is 6.54 Å². The fourth-order valence-electron chi connectivity index (χ4n) is 0.977. The molecule has 0 fully saturated rings. The lowest BCUT2D eigenvalue weighted by molar-refractivity contribution is -0.384. The van der Waals surface area contributed by atoms with E-state index >= 15 is 0 Å². The number of anilines is 1. The van der Waals surface area contributed by atoms with Crippen LogP contribution in [0.1, 0.15) is 5.56 Å². The van der Waals surface area contributed by atoms with Gasteiger partial charge in [-0.3, -0.25) is 16.0 Å². The van der Waals surface area contributed by atoms with E-state index in [4.69, 9.17) is 11.6 Å². The Morgan fingerprint density at radius 3 is 2.69 bits per heavy atom. The summed E-state index contributed by atoms with van der Waals surface area (Å²) in [7, 11) is 0. The third kappa shape index (κ3) is 1.92. The monoisotopic (exact) mass is 182 g/mol. The van der Waals surface area contributed by atoms with E-state index in [1.807, 2.05) is 0 Å². The summed E-state index contributed by atoms with van der Waals surface area (Å²) in [5, 5.41) is 10.5. The SMILES string of the molecule is NCc1ccc(NN)c([N+](=O)[O-])c1. The molecule has 70 valence electrons. The molecule has 1 aromatic carbocycles. The molecule has 5 N–H and O–H groups in total. The van der Waals surface area contributed by atoms with E-state index in [0.29, 0.717) is 5.56 Å². The van der Waals surface area contributed by atoms with Crippen LogP contribution < -0.4 is 17.0 Å². The number of hydrogen-bond acceptors (Lipinski definition) is 5. The molecule has 1 rings (SSSR count). The van der Waals surface area contributed by atoms with E-state index in [1.54, 1.807) is 6.07 Å². The molecule has 0 radical (unpaired) electrons. The zero-order valence-electron chi connectivity index (χ0n) is 6.86. The summed E-state index contributed by atoms with van der Waals surface area (Å²) in [6, 6.07) is 4.61. The minimum atomic E-state index is -0.506. The molecule has 0 aliphatic carbocycles. The van der Waals surface area contributed by atoms with Crippen molar-refractivity contribution in [1.29, 1.82) is 0 Å². The number of nitro groups is 1. The fraction of sp³-hybridized carbons (Fsp3) is 0.143. The highest BCUT2D eigenvalue weighted by Crippen LogP contribution is 2.24. The number of hydrazine groups is 1. The number of nitro benzene ring substituents is 1. The molecule has 0 atom stereocenters. The third-order valence-corrected chi connectivity index (χ3v) is 1.65. The van der Waals surface area contributed by atoms with Crippen LogP contribution in [0.15, 0.2) is 18.2 Å². The fourth-order valence-corrected chi connectivity index (χ4v) is 0.977. The van der Waals surface area contributed by atoms with Crippen LogP contribution in [0.3, 0.4) is 0 Å². The Morgan fingerprint density at radius 1 is 1.54 bits per heavy atom. The lowest BCUT2D eigenvalue weighted by Crippen LogP contribution is -2.09. The Bertz CT molecular complexity index is 326. The smallest absolute Gasteiger partial charge is 0.293 e. The second kappa shape index (κ2) is 3.83. The quantitative estimate of drug-likeness (QED) is 0.355. The minimum absolute atomic E-state index is 0.0644. The highest BCUT2D eigenvalue weighted by atomic mass is 16.6. The first-order valence-corrected chi connectivity index (χ1v) is 3.63. The normalized spacial score (nSPS) is 9.69. The first-order valence-electron chi connectivity index (χ1n) is 3.63. The molecule has 0 heterocycles.